The van der Waals surface area contributed by atoms with Crippen LogP contribution in [0.25, 0.3) is 11.1 Å². The Labute approximate surface area is 220 Å². The minimum Gasteiger partial charge on any atom is -0.391 e. The average Bonchev–Trinajstić information content (AvgIpc) is 3.57. The molecule has 4 unspecified atom stereocenters. The maximum absolute atomic E-state index is 14.2. The first kappa shape index (κ1) is 25.8. The molecule has 38 heavy (non-hydrogen) atoms. The zero-order valence-corrected chi connectivity index (χ0v) is 21.8. The quantitative estimate of drug-likeness (QED) is 0.514. The Morgan fingerprint density at radius 3 is 2.55 bits per heavy atom. The zero-order chi connectivity index (χ0) is 27.2. The number of benzene rings is 2. The minimum atomic E-state index is -1.23. The summed E-state index contributed by atoms with van der Waals surface area (Å²) in [6.07, 6.45) is -0.493. The van der Waals surface area contributed by atoms with Gasteiger partial charge in [0.15, 0.2) is 5.54 Å². The highest BCUT2D eigenvalue weighted by molar-refractivity contribution is 6.11. The molecule has 1 fully saturated rings. The molecule has 1 aromatic heterocycles. The number of hydrogen-bond donors (Lipinski definition) is 2. The van der Waals surface area contributed by atoms with Crippen molar-refractivity contribution in [3.05, 3.63) is 77.4 Å². The molecule has 0 saturated carbocycles. The molecule has 4 atom stereocenters. The minimum absolute atomic E-state index is 0.0772. The van der Waals surface area contributed by atoms with Gasteiger partial charge in [-0.2, -0.15) is 0 Å². The van der Waals surface area contributed by atoms with Crippen LogP contribution in [0.15, 0.2) is 64.1 Å². The molecule has 3 aromatic rings. The van der Waals surface area contributed by atoms with Crippen LogP contribution in [0.3, 0.4) is 0 Å². The van der Waals surface area contributed by atoms with Crippen LogP contribution in [-0.4, -0.2) is 51.5 Å². The number of nitrogens with one attached hydrogen (secondary N) is 1. The van der Waals surface area contributed by atoms with Crippen LogP contribution in [0.5, 0.6) is 0 Å². The molecular formula is C29H31FN4O4. The van der Waals surface area contributed by atoms with E-state index in [9.17, 15) is 19.1 Å². The number of likely N-dealkylation sites (tertiary alicyclic amines) is 1. The van der Waals surface area contributed by atoms with Crippen molar-refractivity contribution in [2.75, 3.05) is 6.54 Å². The predicted molar refractivity (Wildman–Crippen MR) is 140 cm³/mol. The molecule has 2 aromatic carbocycles. The number of amidine groups is 1. The van der Waals surface area contributed by atoms with Crippen molar-refractivity contribution in [3.8, 4) is 11.1 Å². The maximum atomic E-state index is 14.2. The van der Waals surface area contributed by atoms with Crippen LogP contribution < -0.4 is 5.32 Å². The first-order chi connectivity index (χ1) is 18.1. The normalized spacial score (nSPS) is 24.0. The lowest BCUT2D eigenvalue weighted by Crippen LogP contribution is -2.48. The van der Waals surface area contributed by atoms with E-state index in [2.05, 4.69) is 10.5 Å². The third-order valence-corrected chi connectivity index (χ3v) is 7.42. The summed E-state index contributed by atoms with van der Waals surface area (Å²) in [5, 5.41) is 17.3. The fraction of sp³-hybridized carbons (Fsp3) is 0.379. The number of aromatic nitrogens is 1. The van der Waals surface area contributed by atoms with E-state index in [1.807, 2.05) is 13.8 Å². The van der Waals surface area contributed by atoms with Gasteiger partial charge in [0.25, 0.3) is 5.91 Å². The number of aryl methyl sites for hydroxylation is 1. The summed E-state index contributed by atoms with van der Waals surface area (Å²) in [5.74, 6) is -0.707. The van der Waals surface area contributed by atoms with Crippen molar-refractivity contribution in [2.45, 2.75) is 57.7 Å². The van der Waals surface area contributed by atoms with Crippen molar-refractivity contribution >= 4 is 17.6 Å². The molecule has 0 bridgehead atoms. The van der Waals surface area contributed by atoms with Crippen LogP contribution >= 0.6 is 0 Å². The topological polar surface area (TPSA) is 108 Å². The number of rotatable bonds is 6. The monoisotopic (exact) mass is 518 g/mol. The highest BCUT2D eigenvalue weighted by Gasteiger charge is 2.48. The molecule has 2 amide bonds. The number of aliphatic hydroxyl groups is 1. The van der Waals surface area contributed by atoms with Gasteiger partial charge in [-0.25, -0.2) is 9.38 Å². The van der Waals surface area contributed by atoms with Crippen LogP contribution in [0, 0.1) is 18.7 Å². The summed E-state index contributed by atoms with van der Waals surface area (Å²) in [5.41, 5.74) is 1.25. The lowest BCUT2D eigenvalue weighted by Gasteiger charge is -2.29. The van der Waals surface area contributed by atoms with Gasteiger partial charge in [-0.1, -0.05) is 61.5 Å². The van der Waals surface area contributed by atoms with E-state index in [-0.39, 0.29) is 36.5 Å². The standard InChI is InChI=1S/C29H31FN4O4/c1-16(2)25(24-13-17(3)33-38-24)27(36)34-15-20(35)14-23(34)26-31-28(37)29(4,32-26)19-11-9-18(10-12-19)21-7-5-6-8-22(21)30/h5-13,16,20,23,25,35H,14-15H2,1-4H3,(H,31,32,37). The molecule has 0 aliphatic carbocycles. The van der Waals surface area contributed by atoms with Gasteiger partial charge in [-0.05, 0) is 37.0 Å². The van der Waals surface area contributed by atoms with E-state index in [0.29, 0.717) is 34.0 Å². The first-order valence-corrected chi connectivity index (χ1v) is 12.8. The Morgan fingerprint density at radius 1 is 1.21 bits per heavy atom. The highest BCUT2D eigenvalue weighted by Crippen LogP contribution is 2.36. The number of amides is 2. The van der Waals surface area contributed by atoms with E-state index in [0.717, 1.165) is 0 Å². The van der Waals surface area contributed by atoms with Crippen LogP contribution in [0.4, 0.5) is 4.39 Å². The molecule has 5 rings (SSSR count). The molecule has 0 radical (unpaired) electrons. The smallest absolute Gasteiger partial charge is 0.257 e. The van der Waals surface area contributed by atoms with Crippen molar-refractivity contribution < 1.29 is 23.6 Å². The molecule has 3 heterocycles. The Bertz CT molecular complexity index is 1400. The van der Waals surface area contributed by atoms with Crippen LogP contribution in [0.2, 0.25) is 0 Å². The van der Waals surface area contributed by atoms with E-state index in [1.165, 1.54) is 6.07 Å². The van der Waals surface area contributed by atoms with E-state index in [4.69, 9.17) is 9.52 Å². The number of nitrogens with zero attached hydrogens (tertiary/aromatic N) is 3. The van der Waals surface area contributed by atoms with Crippen LogP contribution in [-0.2, 0) is 15.1 Å². The number of hydrogen-bond acceptors (Lipinski definition) is 6. The van der Waals surface area contributed by atoms with Gasteiger partial charge >= 0.3 is 0 Å². The zero-order valence-electron chi connectivity index (χ0n) is 21.8. The van der Waals surface area contributed by atoms with Crippen molar-refractivity contribution in [1.82, 2.24) is 15.4 Å². The van der Waals surface area contributed by atoms with Crippen molar-refractivity contribution in [2.24, 2.45) is 10.9 Å². The Balaban J connectivity index is 1.43. The van der Waals surface area contributed by atoms with Crippen molar-refractivity contribution in [1.29, 1.82) is 0 Å². The second-order valence-corrected chi connectivity index (χ2v) is 10.6. The molecule has 0 spiro atoms. The number of aliphatic imine (C=N–C) groups is 1. The van der Waals surface area contributed by atoms with Gasteiger partial charge in [0.05, 0.1) is 17.8 Å². The molecular weight excluding hydrogens is 487 g/mol. The summed E-state index contributed by atoms with van der Waals surface area (Å²) in [6.45, 7) is 7.49. The summed E-state index contributed by atoms with van der Waals surface area (Å²) >= 11 is 0. The van der Waals surface area contributed by atoms with Gasteiger partial charge < -0.3 is 19.8 Å². The number of β-amino-alcohol motifs (C(OH)–C–C–N with tert-alkyl or cyclic N) is 1. The summed E-state index contributed by atoms with van der Waals surface area (Å²) in [4.78, 5) is 33.3. The van der Waals surface area contributed by atoms with E-state index in [1.54, 1.807) is 67.3 Å². The van der Waals surface area contributed by atoms with Gasteiger partial charge in [0.1, 0.15) is 23.3 Å². The van der Waals surface area contributed by atoms with Gasteiger partial charge in [0.2, 0.25) is 5.91 Å². The highest BCUT2D eigenvalue weighted by atomic mass is 19.1. The molecule has 2 N–H and O–H groups in total. The Hall–Kier alpha value is -3.85. The number of carbonyl (C=O) groups is 2. The Kier molecular flexibility index (Phi) is 6.65. The molecule has 9 heteroatoms. The van der Waals surface area contributed by atoms with E-state index >= 15 is 0 Å². The van der Waals surface area contributed by atoms with E-state index < -0.39 is 23.6 Å². The summed E-state index contributed by atoms with van der Waals surface area (Å²) in [6, 6.07) is 14.7. The second-order valence-electron chi connectivity index (χ2n) is 10.6. The third kappa shape index (κ3) is 4.51. The first-order valence-electron chi connectivity index (χ1n) is 12.8. The largest absolute Gasteiger partial charge is 0.391 e. The van der Waals surface area contributed by atoms with Crippen LogP contribution in [0.1, 0.15) is 50.1 Å². The lowest BCUT2D eigenvalue weighted by molar-refractivity contribution is -0.134. The lowest BCUT2D eigenvalue weighted by atomic mass is 9.91. The number of halogens is 1. The fourth-order valence-corrected chi connectivity index (χ4v) is 5.34. The molecule has 1 saturated heterocycles. The van der Waals surface area contributed by atoms with Crippen molar-refractivity contribution in [3.63, 3.8) is 0 Å². The maximum Gasteiger partial charge on any atom is 0.257 e. The number of carbonyl (C=O) groups excluding carboxylic acids is 2. The van der Waals surface area contributed by atoms with Gasteiger partial charge in [-0.3, -0.25) is 9.59 Å². The molecule has 198 valence electrons. The predicted octanol–water partition coefficient (Wildman–Crippen LogP) is 3.93. The third-order valence-electron chi connectivity index (χ3n) is 7.42. The average molecular weight is 519 g/mol. The second kappa shape index (κ2) is 9.79. The molecule has 8 nitrogen and oxygen atoms in total. The molecule has 2 aliphatic heterocycles. The fourth-order valence-electron chi connectivity index (χ4n) is 5.34. The van der Waals surface area contributed by atoms with Gasteiger partial charge in [-0.15, -0.1) is 0 Å². The molecule has 2 aliphatic rings. The number of aliphatic hydroxyl groups excluding tert-OH is 1. The summed E-state index contributed by atoms with van der Waals surface area (Å²) in [7, 11) is 0. The Morgan fingerprint density at radius 2 is 1.92 bits per heavy atom. The summed E-state index contributed by atoms with van der Waals surface area (Å²) < 4.78 is 19.7. The SMILES string of the molecule is Cc1cc(C(C(=O)N2CC(O)CC2C2=NC(C)(c3ccc(-c4ccccc4F)cc3)C(=O)N2)C(C)C)on1. The van der Waals surface area contributed by atoms with Gasteiger partial charge in [0, 0.05) is 24.6 Å².